The quantitative estimate of drug-likeness (QED) is 0.833. The van der Waals surface area contributed by atoms with E-state index >= 15 is 0 Å². The number of carboxylic acid groups (broad SMARTS) is 1. The Labute approximate surface area is 127 Å². The Morgan fingerprint density at radius 3 is 2.95 bits per heavy atom. The summed E-state index contributed by atoms with van der Waals surface area (Å²) in [5.74, 6) is 0.400. The minimum atomic E-state index is -0.784. The zero-order valence-electron chi connectivity index (χ0n) is 11.6. The number of hydrogen-bond acceptors (Lipinski definition) is 3. The van der Waals surface area contributed by atoms with Gasteiger partial charge in [-0.2, -0.15) is 0 Å². The molecule has 0 spiro atoms. The maximum Gasteiger partial charge on any atom is 0.303 e. The Morgan fingerprint density at radius 1 is 1.52 bits per heavy atom. The van der Waals surface area contributed by atoms with Crippen molar-refractivity contribution in [2.45, 2.75) is 37.8 Å². The zero-order chi connectivity index (χ0) is 14.8. The second-order valence-corrected chi connectivity index (χ2v) is 5.54. The van der Waals surface area contributed by atoms with Crippen molar-refractivity contribution in [2.24, 2.45) is 0 Å². The topological polar surface area (TPSA) is 64.3 Å². The number of carboxylic acids is 1. The highest BCUT2D eigenvalue weighted by atomic mass is 35.5. The van der Waals surface area contributed by atoms with Crippen molar-refractivity contribution >= 4 is 28.6 Å². The third-order valence-corrected chi connectivity index (χ3v) is 4.06. The third kappa shape index (κ3) is 3.04. The molecular weight excluding hydrogens is 292 g/mol. The summed E-state index contributed by atoms with van der Waals surface area (Å²) in [5.41, 5.74) is 2.90. The van der Waals surface area contributed by atoms with Crippen LogP contribution in [0.2, 0.25) is 0 Å². The minimum absolute atomic E-state index is 0.133. The zero-order valence-corrected chi connectivity index (χ0v) is 12.3. The van der Waals surface area contributed by atoms with Gasteiger partial charge in [-0.15, -0.1) is 11.6 Å². The summed E-state index contributed by atoms with van der Waals surface area (Å²) in [6, 6.07) is 5.88. The lowest BCUT2D eigenvalue weighted by Gasteiger charge is -2.27. The van der Waals surface area contributed by atoms with Gasteiger partial charge in [-0.25, -0.2) is 4.98 Å². The molecule has 1 aromatic carbocycles. The third-order valence-electron chi connectivity index (χ3n) is 3.82. The van der Waals surface area contributed by atoms with E-state index in [-0.39, 0.29) is 12.5 Å². The van der Waals surface area contributed by atoms with E-state index in [1.54, 1.807) is 0 Å². The lowest BCUT2D eigenvalue weighted by Crippen LogP contribution is -2.31. The first-order valence-corrected chi connectivity index (χ1v) is 7.58. The number of ether oxygens (including phenoxy) is 1. The van der Waals surface area contributed by atoms with E-state index < -0.39 is 5.97 Å². The van der Waals surface area contributed by atoms with Gasteiger partial charge in [0.05, 0.1) is 29.6 Å². The number of aliphatic carboxylic acids is 1. The smallest absolute Gasteiger partial charge is 0.303 e. The summed E-state index contributed by atoms with van der Waals surface area (Å²) in [4.78, 5) is 15.2. The molecule has 1 aromatic heterocycles. The standard InChI is InChI=1S/C15H17ClN2O3/c16-8-14-17-12-3-1-10(2-4-15(19)20)7-13(12)18(14)9-11-5-6-21-11/h1,3,7,11H,2,4-6,8-9H2,(H,19,20). The normalized spacial score (nSPS) is 17.9. The van der Waals surface area contributed by atoms with Crippen molar-refractivity contribution in [3.8, 4) is 0 Å². The molecule has 0 saturated carbocycles. The van der Waals surface area contributed by atoms with Crippen molar-refractivity contribution < 1.29 is 14.6 Å². The molecular formula is C15H17ClN2O3. The molecule has 1 unspecified atom stereocenters. The number of imidazole rings is 1. The molecule has 0 radical (unpaired) electrons. The fraction of sp³-hybridized carbons (Fsp3) is 0.467. The van der Waals surface area contributed by atoms with Crippen LogP contribution >= 0.6 is 11.6 Å². The molecule has 112 valence electrons. The fourth-order valence-electron chi connectivity index (χ4n) is 2.56. The molecule has 1 N–H and O–H groups in total. The van der Waals surface area contributed by atoms with Gasteiger partial charge in [0.25, 0.3) is 0 Å². The summed E-state index contributed by atoms with van der Waals surface area (Å²) >= 11 is 5.99. The van der Waals surface area contributed by atoms with Crippen LogP contribution in [0, 0.1) is 0 Å². The van der Waals surface area contributed by atoms with Gasteiger partial charge in [-0.1, -0.05) is 6.07 Å². The molecule has 21 heavy (non-hydrogen) atoms. The number of benzene rings is 1. The van der Waals surface area contributed by atoms with Crippen LogP contribution in [0.5, 0.6) is 0 Å². The lowest BCUT2D eigenvalue weighted by atomic mass is 10.1. The number of aromatic nitrogens is 2. The van der Waals surface area contributed by atoms with Gasteiger partial charge in [0.15, 0.2) is 0 Å². The molecule has 6 heteroatoms. The van der Waals surface area contributed by atoms with E-state index in [1.807, 2.05) is 18.2 Å². The van der Waals surface area contributed by atoms with Crippen LogP contribution in [0.25, 0.3) is 11.0 Å². The second kappa shape index (κ2) is 6.03. The number of rotatable bonds is 6. The molecule has 2 aromatic rings. The summed E-state index contributed by atoms with van der Waals surface area (Å²) in [7, 11) is 0. The average molecular weight is 309 g/mol. The first-order chi connectivity index (χ1) is 10.2. The number of aryl methyl sites for hydroxylation is 1. The molecule has 0 aliphatic carbocycles. The van der Waals surface area contributed by atoms with Crippen LogP contribution in [-0.4, -0.2) is 33.3 Å². The monoisotopic (exact) mass is 308 g/mol. The lowest BCUT2D eigenvalue weighted by molar-refractivity contribution is -0.136. The van der Waals surface area contributed by atoms with Crippen molar-refractivity contribution in [3.05, 3.63) is 29.6 Å². The van der Waals surface area contributed by atoms with Gasteiger partial charge < -0.3 is 14.4 Å². The van der Waals surface area contributed by atoms with Crippen LogP contribution in [0.3, 0.4) is 0 Å². The van der Waals surface area contributed by atoms with E-state index in [0.717, 1.165) is 42.0 Å². The SMILES string of the molecule is O=C(O)CCc1ccc2nc(CCl)n(CC3CCO3)c2c1. The Bertz CT molecular complexity index is 664. The number of carbonyl (C=O) groups is 1. The Morgan fingerprint density at radius 2 is 2.33 bits per heavy atom. The maximum atomic E-state index is 10.7. The van der Waals surface area contributed by atoms with Crippen molar-refractivity contribution in [2.75, 3.05) is 6.61 Å². The van der Waals surface area contributed by atoms with Gasteiger partial charge in [-0.05, 0) is 30.5 Å². The number of alkyl halides is 1. The highest BCUT2D eigenvalue weighted by molar-refractivity contribution is 6.16. The second-order valence-electron chi connectivity index (χ2n) is 5.27. The van der Waals surface area contributed by atoms with Gasteiger partial charge in [0.1, 0.15) is 5.82 Å². The average Bonchev–Trinajstić information content (AvgIpc) is 2.77. The molecule has 0 bridgehead atoms. The van der Waals surface area contributed by atoms with Crippen LogP contribution in [-0.2, 0) is 28.4 Å². The van der Waals surface area contributed by atoms with E-state index in [1.165, 1.54) is 0 Å². The highest BCUT2D eigenvalue weighted by Crippen LogP contribution is 2.23. The summed E-state index contributed by atoms with van der Waals surface area (Å²) in [5, 5.41) is 8.79. The number of fused-ring (bicyclic) bond motifs is 1. The van der Waals surface area contributed by atoms with Gasteiger partial charge in [0.2, 0.25) is 0 Å². The predicted octanol–water partition coefficient (Wildman–Crippen LogP) is 2.58. The van der Waals surface area contributed by atoms with Crippen molar-refractivity contribution in [1.82, 2.24) is 9.55 Å². The van der Waals surface area contributed by atoms with E-state index in [9.17, 15) is 4.79 Å². The summed E-state index contributed by atoms with van der Waals surface area (Å²) < 4.78 is 7.59. The molecule has 3 rings (SSSR count). The van der Waals surface area contributed by atoms with E-state index in [4.69, 9.17) is 21.4 Å². The maximum absolute atomic E-state index is 10.7. The van der Waals surface area contributed by atoms with Crippen molar-refractivity contribution in [3.63, 3.8) is 0 Å². The van der Waals surface area contributed by atoms with Crippen LogP contribution in [0.1, 0.15) is 24.2 Å². The molecule has 2 heterocycles. The highest BCUT2D eigenvalue weighted by Gasteiger charge is 2.21. The molecule has 1 aliphatic heterocycles. The Balaban J connectivity index is 1.92. The predicted molar refractivity (Wildman–Crippen MR) is 79.6 cm³/mol. The molecule has 0 amide bonds. The van der Waals surface area contributed by atoms with Crippen molar-refractivity contribution in [1.29, 1.82) is 0 Å². The molecule has 1 saturated heterocycles. The summed E-state index contributed by atoms with van der Waals surface area (Å²) in [6.07, 6.45) is 1.94. The first-order valence-electron chi connectivity index (χ1n) is 7.05. The molecule has 1 aliphatic rings. The van der Waals surface area contributed by atoms with Crippen LogP contribution < -0.4 is 0 Å². The summed E-state index contributed by atoms with van der Waals surface area (Å²) in [6.45, 7) is 1.57. The fourth-order valence-corrected chi connectivity index (χ4v) is 2.77. The molecule has 1 atom stereocenters. The Hall–Kier alpha value is -1.59. The largest absolute Gasteiger partial charge is 0.481 e. The van der Waals surface area contributed by atoms with Crippen LogP contribution in [0.15, 0.2) is 18.2 Å². The first kappa shape index (κ1) is 14.4. The van der Waals surface area contributed by atoms with E-state index in [2.05, 4.69) is 9.55 Å². The van der Waals surface area contributed by atoms with E-state index in [0.29, 0.717) is 12.3 Å². The molecule has 1 fully saturated rings. The number of halogens is 1. The number of hydrogen-bond donors (Lipinski definition) is 1. The minimum Gasteiger partial charge on any atom is -0.481 e. The Kier molecular flexibility index (Phi) is 4.12. The number of nitrogens with zero attached hydrogens (tertiary/aromatic N) is 2. The van der Waals surface area contributed by atoms with Gasteiger partial charge in [0, 0.05) is 13.0 Å². The van der Waals surface area contributed by atoms with Crippen LogP contribution in [0.4, 0.5) is 0 Å². The van der Waals surface area contributed by atoms with Gasteiger partial charge in [-0.3, -0.25) is 4.79 Å². The molecule has 5 nitrogen and oxygen atoms in total. The van der Waals surface area contributed by atoms with Gasteiger partial charge >= 0.3 is 5.97 Å².